The van der Waals surface area contributed by atoms with Crippen molar-refractivity contribution < 1.29 is 14.3 Å². The standard InChI is InChI=1S/C20H26N2O3S/c1-14(25-13-15-8-7-9-16(12-15)24-2)19(23)22-20-21-17-10-5-3-4-6-11-18(17)26-20/h7-9,12,14H,3-6,10-11,13H2,1-2H3,(H,21,22,23). The van der Waals surface area contributed by atoms with Gasteiger partial charge in [0.05, 0.1) is 19.4 Å². The lowest BCUT2D eigenvalue weighted by Gasteiger charge is -2.12. The van der Waals surface area contributed by atoms with Crippen LogP contribution in [0.15, 0.2) is 24.3 Å². The lowest BCUT2D eigenvalue weighted by atomic mass is 10.0. The highest BCUT2D eigenvalue weighted by atomic mass is 32.1. The van der Waals surface area contributed by atoms with Crippen molar-refractivity contribution in [3.63, 3.8) is 0 Å². The van der Waals surface area contributed by atoms with Crippen LogP contribution in [-0.2, 0) is 29.0 Å². The second-order valence-corrected chi connectivity index (χ2v) is 7.68. The van der Waals surface area contributed by atoms with E-state index in [0.29, 0.717) is 11.7 Å². The first-order chi connectivity index (χ1) is 12.7. The summed E-state index contributed by atoms with van der Waals surface area (Å²) in [7, 11) is 1.63. The number of hydrogen-bond acceptors (Lipinski definition) is 5. The molecule has 6 heteroatoms. The number of anilines is 1. The smallest absolute Gasteiger partial charge is 0.255 e. The summed E-state index contributed by atoms with van der Waals surface area (Å²) in [6.45, 7) is 2.12. The van der Waals surface area contributed by atoms with E-state index < -0.39 is 6.10 Å². The van der Waals surface area contributed by atoms with Crippen LogP contribution in [0.2, 0.25) is 0 Å². The van der Waals surface area contributed by atoms with Gasteiger partial charge in [0.15, 0.2) is 5.13 Å². The van der Waals surface area contributed by atoms with Crippen molar-refractivity contribution in [2.75, 3.05) is 12.4 Å². The summed E-state index contributed by atoms with van der Waals surface area (Å²) < 4.78 is 10.9. The summed E-state index contributed by atoms with van der Waals surface area (Å²) in [6.07, 6.45) is 6.50. The zero-order chi connectivity index (χ0) is 18.4. The topological polar surface area (TPSA) is 60.5 Å². The van der Waals surface area contributed by atoms with E-state index in [9.17, 15) is 4.79 Å². The Morgan fingerprint density at radius 3 is 2.88 bits per heavy atom. The Kier molecular flexibility index (Phi) is 6.63. The zero-order valence-corrected chi connectivity index (χ0v) is 16.2. The van der Waals surface area contributed by atoms with Crippen molar-refractivity contribution in [2.45, 2.75) is 58.2 Å². The number of nitrogens with zero attached hydrogens (tertiary/aromatic N) is 1. The van der Waals surface area contributed by atoms with Gasteiger partial charge in [-0.25, -0.2) is 4.98 Å². The molecule has 0 spiro atoms. The number of carbonyl (C=O) groups excluding carboxylic acids is 1. The van der Waals surface area contributed by atoms with E-state index in [2.05, 4.69) is 10.3 Å². The third-order valence-electron chi connectivity index (χ3n) is 4.58. The van der Waals surface area contributed by atoms with Gasteiger partial charge >= 0.3 is 0 Å². The van der Waals surface area contributed by atoms with Crippen LogP contribution in [0, 0.1) is 0 Å². The van der Waals surface area contributed by atoms with E-state index >= 15 is 0 Å². The average Bonchev–Trinajstić information content (AvgIpc) is 3.00. The third kappa shape index (κ3) is 5.05. The molecule has 3 rings (SSSR count). The second kappa shape index (κ2) is 9.14. The highest BCUT2D eigenvalue weighted by molar-refractivity contribution is 7.15. The maximum absolute atomic E-state index is 12.4. The summed E-state index contributed by atoms with van der Waals surface area (Å²) in [4.78, 5) is 18.4. The molecule has 140 valence electrons. The van der Waals surface area contributed by atoms with Crippen LogP contribution in [-0.4, -0.2) is 24.1 Å². The van der Waals surface area contributed by atoms with Crippen LogP contribution in [0.3, 0.4) is 0 Å². The first-order valence-corrected chi connectivity index (χ1v) is 10.0. The Labute approximate surface area is 158 Å². The maximum Gasteiger partial charge on any atom is 0.255 e. The molecule has 0 bridgehead atoms. The minimum Gasteiger partial charge on any atom is -0.497 e. The number of thiazole rings is 1. The highest BCUT2D eigenvalue weighted by Gasteiger charge is 2.18. The molecule has 5 nitrogen and oxygen atoms in total. The van der Waals surface area contributed by atoms with Crippen LogP contribution in [0.25, 0.3) is 0 Å². The monoisotopic (exact) mass is 374 g/mol. The third-order valence-corrected chi connectivity index (χ3v) is 5.65. The molecule has 0 radical (unpaired) electrons. The van der Waals surface area contributed by atoms with Gasteiger partial charge in [-0.1, -0.05) is 25.0 Å². The van der Waals surface area contributed by atoms with Gasteiger partial charge in [-0.2, -0.15) is 0 Å². The van der Waals surface area contributed by atoms with E-state index in [-0.39, 0.29) is 5.91 Å². The molecule has 1 aromatic heterocycles. The molecule has 1 atom stereocenters. The minimum absolute atomic E-state index is 0.158. The van der Waals surface area contributed by atoms with Crippen LogP contribution >= 0.6 is 11.3 Å². The van der Waals surface area contributed by atoms with Crippen molar-refractivity contribution >= 4 is 22.4 Å². The Hall–Kier alpha value is -1.92. The van der Waals surface area contributed by atoms with E-state index in [1.165, 1.54) is 30.6 Å². The molecule has 1 N–H and O–H groups in total. The summed E-state index contributed by atoms with van der Waals surface area (Å²) in [5.41, 5.74) is 2.14. The Morgan fingerprint density at radius 1 is 1.27 bits per heavy atom. The van der Waals surface area contributed by atoms with E-state index in [1.54, 1.807) is 25.4 Å². The predicted octanol–water partition coefficient (Wildman–Crippen LogP) is 4.35. The number of rotatable bonds is 6. The van der Waals surface area contributed by atoms with Gasteiger partial charge in [0.25, 0.3) is 5.91 Å². The highest BCUT2D eigenvalue weighted by Crippen LogP contribution is 2.28. The average molecular weight is 375 g/mol. The number of fused-ring (bicyclic) bond motifs is 1. The van der Waals surface area contributed by atoms with Gasteiger partial charge in [0.1, 0.15) is 11.9 Å². The normalized spacial score (nSPS) is 15.5. The number of aromatic nitrogens is 1. The molecule has 1 aromatic carbocycles. The first-order valence-electron chi connectivity index (χ1n) is 9.19. The number of methoxy groups -OCH3 is 1. The van der Waals surface area contributed by atoms with Gasteiger partial charge in [-0.05, 0) is 50.3 Å². The first kappa shape index (κ1) is 18.9. The summed E-state index contributed by atoms with van der Waals surface area (Å²) in [5.74, 6) is 0.623. The molecule has 2 aromatic rings. The lowest BCUT2D eigenvalue weighted by molar-refractivity contribution is -0.127. The fourth-order valence-corrected chi connectivity index (χ4v) is 4.08. The van der Waals surface area contributed by atoms with Gasteiger partial charge < -0.3 is 9.47 Å². The summed E-state index contributed by atoms with van der Waals surface area (Å²) in [6, 6.07) is 7.65. The van der Waals surface area contributed by atoms with Crippen LogP contribution in [0.1, 0.15) is 48.7 Å². The Morgan fingerprint density at radius 2 is 2.08 bits per heavy atom. The fraction of sp³-hybridized carbons (Fsp3) is 0.500. The molecular formula is C20H26N2O3S. The Balaban J connectivity index is 1.54. The molecule has 1 heterocycles. The number of amides is 1. The quantitative estimate of drug-likeness (QED) is 0.816. The maximum atomic E-state index is 12.4. The van der Waals surface area contributed by atoms with Gasteiger partial charge in [0, 0.05) is 4.88 Å². The van der Waals surface area contributed by atoms with E-state index in [1.807, 2.05) is 24.3 Å². The number of carbonyl (C=O) groups is 1. The fourth-order valence-electron chi connectivity index (χ4n) is 3.03. The van der Waals surface area contributed by atoms with Crippen molar-refractivity contribution in [2.24, 2.45) is 0 Å². The molecule has 26 heavy (non-hydrogen) atoms. The molecular weight excluding hydrogens is 348 g/mol. The van der Waals surface area contributed by atoms with Crippen molar-refractivity contribution in [3.05, 3.63) is 40.4 Å². The van der Waals surface area contributed by atoms with Gasteiger partial charge in [-0.15, -0.1) is 11.3 Å². The number of aryl methyl sites for hydroxylation is 2. The predicted molar refractivity (Wildman–Crippen MR) is 104 cm³/mol. The molecule has 0 aliphatic heterocycles. The molecule has 0 fully saturated rings. The van der Waals surface area contributed by atoms with Crippen molar-refractivity contribution in [1.29, 1.82) is 0 Å². The van der Waals surface area contributed by atoms with Crippen molar-refractivity contribution in [1.82, 2.24) is 4.98 Å². The molecule has 1 amide bonds. The molecule has 1 aliphatic carbocycles. The molecule has 0 saturated carbocycles. The van der Waals surface area contributed by atoms with E-state index in [4.69, 9.17) is 9.47 Å². The SMILES string of the molecule is COc1cccc(COC(C)C(=O)Nc2nc3c(s2)CCCCCC3)c1. The molecule has 1 unspecified atom stereocenters. The van der Waals surface area contributed by atoms with Crippen LogP contribution in [0.5, 0.6) is 5.75 Å². The molecule has 0 saturated heterocycles. The number of ether oxygens (including phenoxy) is 2. The zero-order valence-electron chi connectivity index (χ0n) is 15.4. The van der Waals surface area contributed by atoms with Crippen LogP contribution in [0.4, 0.5) is 5.13 Å². The second-order valence-electron chi connectivity index (χ2n) is 6.60. The van der Waals surface area contributed by atoms with E-state index in [0.717, 1.165) is 29.8 Å². The number of nitrogens with one attached hydrogen (secondary N) is 1. The van der Waals surface area contributed by atoms with Crippen molar-refractivity contribution in [3.8, 4) is 5.75 Å². The van der Waals surface area contributed by atoms with Crippen LogP contribution < -0.4 is 10.1 Å². The lowest BCUT2D eigenvalue weighted by Crippen LogP contribution is -2.27. The minimum atomic E-state index is -0.548. The van der Waals surface area contributed by atoms with Gasteiger partial charge in [0.2, 0.25) is 0 Å². The number of benzene rings is 1. The molecule has 1 aliphatic rings. The number of hydrogen-bond donors (Lipinski definition) is 1. The Bertz CT molecular complexity index is 719. The summed E-state index contributed by atoms with van der Waals surface area (Å²) in [5, 5.41) is 3.61. The summed E-state index contributed by atoms with van der Waals surface area (Å²) >= 11 is 1.61. The van der Waals surface area contributed by atoms with Gasteiger partial charge in [-0.3, -0.25) is 10.1 Å². The largest absolute Gasteiger partial charge is 0.497 e.